The summed E-state index contributed by atoms with van der Waals surface area (Å²) in [6.07, 6.45) is 2.43. The molecule has 1 aliphatic heterocycles. The summed E-state index contributed by atoms with van der Waals surface area (Å²) in [7, 11) is 0. The van der Waals surface area contributed by atoms with Crippen LogP contribution in [0.1, 0.15) is 30.9 Å². The summed E-state index contributed by atoms with van der Waals surface area (Å²) in [5.74, 6) is -0.807. The van der Waals surface area contributed by atoms with Crippen molar-refractivity contribution < 1.29 is 14.7 Å². The molecule has 0 unspecified atom stereocenters. The summed E-state index contributed by atoms with van der Waals surface area (Å²) in [6, 6.07) is 6.17. The molecule has 0 radical (unpaired) electrons. The number of carbonyl (C=O) groups excluding carboxylic acids is 1. The number of amides is 2. The molecule has 0 atom stereocenters. The van der Waals surface area contributed by atoms with Crippen molar-refractivity contribution in [3.63, 3.8) is 0 Å². The molecule has 0 saturated heterocycles. The number of hydrogen-bond donors (Lipinski definition) is 2. The molecule has 1 aromatic carbocycles. The number of nitrogens with zero attached hydrogens (tertiary/aromatic N) is 2. The Hall–Kier alpha value is -1.79. The normalized spacial score (nSPS) is 22.3. The molecule has 2 amide bonds. The highest BCUT2D eigenvalue weighted by Crippen LogP contribution is 2.28. The van der Waals surface area contributed by atoms with Gasteiger partial charge >= 0.3 is 12.0 Å². The van der Waals surface area contributed by atoms with Gasteiger partial charge in [0.05, 0.1) is 6.54 Å². The number of fused-ring (bicyclic) bond motifs is 1. The molecule has 1 heterocycles. The number of hydrogen-bond acceptors (Lipinski definition) is 3. The molecular weight excluding hydrogens is 342 g/mol. The predicted molar refractivity (Wildman–Crippen MR) is 95.8 cm³/mol. The van der Waals surface area contributed by atoms with Crippen molar-refractivity contribution in [2.75, 3.05) is 19.6 Å². The number of likely N-dealkylation sites (N-methyl/N-ethyl adjacent to an activating group) is 1. The third kappa shape index (κ3) is 4.07. The molecule has 136 valence electrons. The van der Waals surface area contributed by atoms with Gasteiger partial charge in [-0.25, -0.2) is 4.79 Å². The monoisotopic (exact) mass is 365 g/mol. The van der Waals surface area contributed by atoms with Crippen LogP contribution in [0.25, 0.3) is 0 Å². The highest BCUT2D eigenvalue weighted by Gasteiger charge is 2.35. The molecule has 0 bridgehead atoms. The minimum atomic E-state index is -0.807. The molecule has 6 nitrogen and oxygen atoms in total. The molecule has 7 heteroatoms. The molecule has 1 fully saturated rings. The number of carbonyl (C=O) groups is 2. The summed E-state index contributed by atoms with van der Waals surface area (Å²) >= 11 is 6.26. The zero-order valence-corrected chi connectivity index (χ0v) is 15.1. The van der Waals surface area contributed by atoms with E-state index >= 15 is 0 Å². The fourth-order valence-electron chi connectivity index (χ4n) is 3.66. The summed E-state index contributed by atoms with van der Waals surface area (Å²) < 4.78 is 0. The van der Waals surface area contributed by atoms with Gasteiger partial charge in [0.2, 0.25) is 0 Å². The fourth-order valence-corrected chi connectivity index (χ4v) is 3.91. The van der Waals surface area contributed by atoms with Crippen LogP contribution < -0.4 is 5.32 Å². The van der Waals surface area contributed by atoms with Gasteiger partial charge < -0.3 is 15.3 Å². The van der Waals surface area contributed by atoms with Crippen molar-refractivity contribution in [1.82, 2.24) is 15.1 Å². The lowest BCUT2D eigenvalue weighted by atomic mass is 9.85. The van der Waals surface area contributed by atoms with E-state index in [9.17, 15) is 9.59 Å². The first-order valence-corrected chi connectivity index (χ1v) is 9.13. The van der Waals surface area contributed by atoms with Gasteiger partial charge in [0.25, 0.3) is 0 Å². The van der Waals surface area contributed by atoms with E-state index in [-0.39, 0.29) is 24.7 Å². The van der Waals surface area contributed by atoms with Crippen LogP contribution in [0.15, 0.2) is 18.2 Å². The van der Waals surface area contributed by atoms with Crippen LogP contribution in [0.2, 0.25) is 5.02 Å². The Morgan fingerprint density at radius 1 is 1.40 bits per heavy atom. The zero-order valence-electron chi connectivity index (χ0n) is 14.4. The number of nitrogens with one attached hydrogen (secondary N) is 1. The molecule has 0 spiro atoms. The van der Waals surface area contributed by atoms with Crippen molar-refractivity contribution >= 4 is 23.6 Å². The van der Waals surface area contributed by atoms with Crippen molar-refractivity contribution in [1.29, 1.82) is 0 Å². The van der Waals surface area contributed by atoms with Gasteiger partial charge in [-0.3, -0.25) is 9.69 Å². The lowest BCUT2D eigenvalue weighted by molar-refractivity contribution is -0.139. The third-order valence-corrected chi connectivity index (χ3v) is 5.56. The van der Waals surface area contributed by atoms with E-state index in [1.165, 1.54) is 5.56 Å². The van der Waals surface area contributed by atoms with E-state index in [1.54, 1.807) is 4.90 Å². The standard InChI is InChI=1S/C18H24ClN3O3/c1-2-21(11-17(23)24)14-8-13(9-14)20-18(25)22-7-6-12-4-3-5-16(19)15(12)10-22/h3-5,13-14H,2,6-11H2,1H3,(H,20,25)(H,23,24). The summed E-state index contributed by atoms with van der Waals surface area (Å²) in [4.78, 5) is 27.1. The number of aliphatic carboxylic acids is 1. The lowest BCUT2D eigenvalue weighted by Crippen LogP contribution is -2.57. The van der Waals surface area contributed by atoms with E-state index in [0.29, 0.717) is 24.7 Å². The Kier molecular flexibility index (Phi) is 5.49. The molecule has 2 aliphatic rings. The van der Waals surface area contributed by atoms with E-state index in [2.05, 4.69) is 11.4 Å². The molecule has 1 aliphatic carbocycles. The second-order valence-electron chi connectivity index (χ2n) is 6.78. The average molecular weight is 366 g/mol. The van der Waals surface area contributed by atoms with Crippen molar-refractivity contribution in [3.8, 4) is 0 Å². The average Bonchev–Trinajstić information content (AvgIpc) is 2.55. The number of carboxylic acid groups (broad SMARTS) is 1. The summed E-state index contributed by atoms with van der Waals surface area (Å²) in [5.41, 5.74) is 2.25. The minimum Gasteiger partial charge on any atom is -0.480 e. The van der Waals surface area contributed by atoms with Crippen LogP contribution in [0, 0.1) is 0 Å². The van der Waals surface area contributed by atoms with Crippen LogP contribution >= 0.6 is 11.6 Å². The molecule has 1 aromatic rings. The second kappa shape index (κ2) is 7.62. The van der Waals surface area contributed by atoms with Crippen molar-refractivity contribution in [2.45, 2.75) is 44.8 Å². The van der Waals surface area contributed by atoms with Gasteiger partial charge in [-0.15, -0.1) is 0 Å². The topological polar surface area (TPSA) is 72.9 Å². The minimum absolute atomic E-state index is 0.0588. The smallest absolute Gasteiger partial charge is 0.317 e. The Bertz CT molecular complexity index is 661. The van der Waals surface area contributed by atoms with Crippen LogP contribution in [0.3, 0.4) is 0 Å². The Balaban J connectivity index is 1.50. The largest absolute Gasteiger partial charge is 0.480 e. The van der Waals surface area contributed by atoms with E-state index in [4.69, 9.17) is 16.7 Å². The Labute approximate surface area is 152 Å². The highest BCUT2D eigenvalue weighted by molar-refractivity contribution is 6.31. The first kappa shape index (κ1) is 18.0. The lowest BCUT2D eigenvalue weighted by Gasteiger charge is -2.43. The van der Waals surface area contributed by atoms with E-state index < -0.39 is 5.97 Å². The van der Waals surface area contributed by atoms with E-state index in [1.807, 2.05) is 24.0 Å². The third-order valence-electron chi connectivity index (χ3n) is 5.20. The molecular formula is C18H24ClN3O3. The van der Waals surface area contributed by atoms with Crippen LogP contribution in [0.5, 0.6) is 0 Å². The van der Waals surface area contributed by atoms with Gasteiger partial charge in [-0.05, 0) is 43.0 Å². The first-order chi connectivity index (χ1) is 12.0. The fraction of sp³-hybridized carbons (Fsp3) is 0.556. The number of urea groups is 1. The number of halogens is 1. The first-order valence-electron chi connectivity index (χ1n) is 8.75. The highest BCUT2D eigenvalue weighted by atomic mass is 35.5. The predicted octanol–water partition coefficient (Wildman–Crippen LogP) is 2.35. The van der Waals surface area contributed by atoms with Gasteiger partial charge in [-0.2, -0.15) is 0 Å². The maximum atomic E-state index is 12.5. The molecule has 25 heavy (non-hydrogen) atoms. The zero-order chi connectivity index (χ0) is 18.0. The van der Waals surface area contributed by atoms with Gasteiger partial charge in [0, 0.05) is 30.2 Å². The van der Waals surface area contributed by atoms with Crippen LogP contribution in [-0.2, 0) is 17.8 Å². The SMILES string of the molecule is CCN(CC(=O)O)C1CC(NC(=O)N2CCc3cccc(Cl)c3C2)C1. The summed E-state index contributed by atoms with van der Waals surface area (Å²) in [5, 5.41) is 12.7. The molecule has 3 rings (SSSR count). The molecule has 0 aromatic heterocycles. The Morgan fingerprint density at radius 2 is 2.16 bits per heavy atom. The summed E-state index contributed by atoms with van der Waals surface area (Å²) in [6.45, 7) is 3.96. The second-order valence-corrected chi connectivity index (χ2v) is 7.18. The molecule has 2 N–H and O–H groups in total. The van der Waals surface area contributed by atoms with Crippen LogP contribution in [-0.4, -0.2) is 58.6 Å². The van der Waals surface area contributed by atoms with Gasteiger partial charge in [0.15, 0.2) is 0 Å². The van der Waals surface area contributed by atoms with E-state index in [0.717, 1.165) is 24.8 Å². The van der Waals surface area contributed by atoms with Crippen LogP contribution in [0.4, 0.5) is 4.79 Å². The maximum Gasteiger partial charge on any atom is 0.317 e. The Morgan fingerprint density at radius 3 is 2.84 bits per heavy atom. The maximum absolute atomic E-state index is 12.5. The van der Waals surface area contributed by atoms with Crippen molar-refractivity contribution in [2.24, 2.45) is 0 Å². The number of carboxylic acids is 1. The van der Waals surface area contributed by atoms with Gasteiger partial charge in [-0.1, -0.05) is 30.7 Å². The molecule has 1 saturated carbocycles. The van der Waals surface area contributed by atoms with Gasteiger partial charge in [0.1, 0.15) is 0 Å². The van der Waals surface area contributed by atoms with Crippen molar-refractivity contribution in [3.05, 3.63) is 34.3 Å². The number of benzene rings is 1. The quantitative estimate of drug-likeness (QED) is 0.840. The number of rotatable bonds is 5.